The number of Topliss-reactive ketones (excluding diaryl/α,β-unsaturated/α-hetero) is 1. The molecular formula is C25H15Cl2N3O6S. The van der Waals surface area contributed by atoms with Gasteiger partial charge in [-0.1, -0.05) is 40.6 Å². The fourth-order valence-electron chi connectivity index (χ4n) is 4.08. The smallest absolute Gasteiger partial charge is 0.335 e. The summed E-state index contributed by atoms with van der Waals surface area (Å²) in [5, 5.41) is 20.9. The van der Waals surface area contributed by atoms with Crippen molar-refractivity contribution >= 4 is 73.3 Å². The number of carboxylic acids is 1. The molecule has 186 valence electrons. The lowest BCUT2D eigenvalue weighted by Crippen LogP contribution is -2.29. The topological polar surface area (TPSA) is 130 Å². The third-order valence-corrected chi connectivity index (χ3v) is 7.33. The molecule has 9 nitrogen and oxygen atoms in total. The maximum absolute atomic E-state index is 13.3. The largest absolute Gasteiger partial charge is 0.507 e. The predicted molar refractivity (Wildman–Crippen MR) is 139 cm³/mol. The number of hydrogen-bond acceptors (Lipinski definition) is 8. The van der Waals surface area contributed by atoms with Crippen LogP contribution in [0.5, 0.6) is 5.75 Å². The van der Waals surface area contributed by atoms with Crippen molar-refractivity contribution in [3.63, 3.8) is 0 Å². The van der Waals surface area contributed by atoms with Crippen molar-refractivity contribution in [3.05, 3.63) is 87.2 Å². The Kier molecular flexibility index (Phi) is 6.32. The molecule has 5 rings (SSSR count). The highest BCUT2D eigenvalue weighted by Crippen LogP contribution is 2.45. The lowest BCUT2D eigenvalue weighted by Gasteiger charge is -2.22. The van der Waals surface area contributed by atoms with Gasteiger partial charge in [0.15, 0.2) is 10.9 Å². The Bertz CT molecular complexity index is 1610. The van der Waals surface area contributed by atoms with E-state index in [0.717, 1.165) is 11.3 Å². The first-order valence-electron chi connectivity index (χ1n) is 10.6. The highest BCUT2D eigenvalue weighted by Gasteiger charge is 2.48. The summed E-state index contributed by atoms with van der Waals surface area (Å²) in [6, 6.07) is 9.33. The molecule has 1 atom stereocenters. The number of thiazole rings is 1. The Labute approximate surface area is 223 Å². The fraction of sp³-hybridized carbons (Fsp3) is 0.0800. The van der Waals surface area contributed by atoms with Crippen LogP contribution in [0.25, 0.3) is 16.0 Å². The zero-order valence-electron chi connectivity index (χ0n) is 18.8. The van der Waals surface area contributed by atoms with Crippen molar-refractivity contribution in [1.82, 2.24) is 9.97 Å². The molecule has 4 aromatic rings. The first kappa shape index (κ1) is 24.7. The Hall–Kier alpha value is -3.99. The van der Waals surface area contributed by atoms with Crippen LogP contribution in [0.4, 0.5) is 5.13 Å². The molecule has 0 aliphatic carbocycles. The van der Waals surface area contributed by atoms with E-state index in [2.05, 4.69) is 9.97 Å². The number of rotatable bonds is 5. The van der Waals surface area contributed by atoms with Gasteiger partial charge in [-0.05, 0) is 42.0 Å². The van der Waals surface area contributed by atoms with Crippen LogP contribution in [0.3, 0.4) is 0 Å². The van der Waals surface area contributed by atoms with Gasteiger partial charge in [0.2, 0.25) is 0 Å². The second-order valence-electron chi connectivity index (χ2n) is 7.91. The number of carbonyl (C=O) groups excluding carboxylic acids is 2. The highest BCUT2D eigenvalue weighted by atomic mass is 35.5. The number of amides is 1. The lowest BCUT2D eigenvalue weighted by atomic mass is 9.96. The van der Waals surface area contributed by atoms with Crippen molar-refractivity contribution in [1.29, 1.82) is 0 Å². The number of halogens is 2. The number of aromatic carboxylic acids is 1. The first-order chi connectivity index (χ1) is 17.7. The molecule has 0 bridgehead atoms. The van der Waals surface area contributed by atoms with E-state index < -0.39 is 29.5 Å². The monoisotopic (exact) mass is 555 g/mol. The van der Waals surface area contributed by atoms with Crippen LogP contribution in [0.2, 0.25) is 10.0 Å². The first-order valence-corrected chi connectivity index (χ1v) is 12.2. The summed E-state index contributed by atoms with van der Waals surface area (Å²) in [5.41, 5.74) is 0.852. The SMILES string of the molecule is COc1c(Cl)cc(/C(O)=C2\C(=O)C(=O)N(c3nc4ccc(C(=O)O)cc4s3)C2c2cccnc2)cc1Cl. The molecule has 0 saturated carbocycles. The van der Waals surface area contributed by atoms with Gasteiger partial charge in [-0.15, -0.1) is 0 Å². The van der Waals surface area contributed by atoms with Crippen molar-refractivity contribution in [2.45, 2.75) is 6.04 Å². The van der Waals surface area contributed by atoms with Gasteiger partial charge in [-0.2, -0.15) is 0 Å². The second kappa shape index (κ2) is 9.47. The van der Waals surface area contributed by atoms with Gasteiger partial charge in [0.1, 0.15) is 5.76 Å². The molecular weight excluding hydrogens is 541 g/mol. The molecule has 3 heterocycles. The minimum atomic E-state index is -1.11. The number of carbonyl (C=O) groups is 3. The van der Waals surface area contributed by atoms with Gasteiger partial charge in [0, 0.05) is 18.0 Å². The predicted octanol–water partition coefficient (Wildman–Crippen LogP) is 5.33. The summed E-state index contributed by atoms with van der Waals surface area (Å²) in [5.74, 6) is -3.27. The number of anilines is 1. The molecule has 1 unspecified atom stereocenters. The molecule has 37 heavy (non-hydrogen) atoms. The Morgan fingerprint density at radius 3 is 2.43 bits per heavy atom. The number of aromatic nitrogens is 2. The Balaban J connectivity index is 1.71. The van der Waals surface area contributed by atoms with E-state index in [0.29, 0.717) is 15.8 Å². The maximum atomic E-state index is 13.3. The number of benzene rings is 2. The van der Waals surface area contributed by atoms with E-state index in [1.807, 2.05) is 0 Å². The van der Waals surface area contributed by atoms with Crippen LogP contribution in [-0.2, 0) is 9.59 Å². The number of nitrogens with zero attached hydrogens (tertiary/aromatic N) is 3. The van der Waals surface area contributed by atoms with Gasteiger partial charge >= 0.3 is 11.9 Å². The number of ether oxygens (including phenoxy) is 1. The third-order valence-electron chi connectivity index (χ3n) is 5.75. The molecule has 1 amide bonds. The minimum Gasteiger partial charge on any atom is -0.507 e. The molecule has 2 aromatic heterocycles. The van der Waals surface area contributed by atoms with E-state index in [-0.39, 0.29) is 37.6 Å². The van der Waals surface area contributed by atoms with E-state index in [1.54, 1.807) is 12.1 Å². The number of hydrogen-bond donors (Lipinski definition) is 2. The van der Waals surface area contributed by atoms with Crippen LogP contribution in [0.1, 0.15) is 27.5 Å². The molecule has 1 fully saturated rings. The molecule has 1 aliphatic rings. The number of aliphatic hydroxyl groups excluding tert-OH is 1. The van der Waals surface area contributed by atoms with Crippen molar-refractivity contribution in [2.75, 3.05) is 12.0 Å². The van der Waals surface area contributed by atoms with Gasteiger partial charge in [0.05, 0.1) is 44.6 Å². The number of fused-ring (bicyclic) bond motifs is 1. The summed E-state index contributed by atoms with van der Waals surface area (Å²) in [4.78, 5) is 47.8. The fourth-order valence-corrected chi connectivity index (χ4v) is 5.75. The Morgan fingerprint density at radius 1 is 1.08 bits per heavy atom. The molecule has 0 radical (unpaired) electrons. The van der Waals surface area contributed by atoms with Gasteiger partial charge < -0.3 is 14.9 Å². The van der Waals surface area contributed by atoms with E-state index >= 15 is 0 Å². The molecule has 2 N–H and O–H groups in total. The van der Waals surface area contributed by atoms with E-state index in [4.69, 9.17) is 27.9 Å². The van der Waals surface area contributed by atoms with Crippen molar-refractivity contribution < 1.29 is 29.3 Å². The van der Waals surface area contributed by atoms with Crippen molar-refractivity contribution in [2.24, 2.45) is 0 Å². The minimum absolute atomic E-state index is 0.0572. The number of methoxy groups -OCH3 is 1. The summed E-state index contributed by atoms with van der Waals surface area (Å²) in [6.07, 6.45) is 3.00. The van der Waals surface area contributed by atoms with E-state index in [9.17, 15) is 24.6 Å². The zero-order chi connectivity index (χ0) is 26.4. The quantitative estimate of drug-likeness (QED) is 0.192. The van der Waals surface area contributed by atoms with E-state index in [1.165, 1.54) is 54.7 Å². The van der Waals surface area contributed by atoms with Crippen LogP contribution in [-0.4, -0.2) is 45.0 Å². The number of pyridine rings is 1. The standard InChI is InChI=1S/C25H15Cl2N3O6S/c1-36-22-14(26)7-13(8-15(22)27)20(31)18-19(12-3-2-6-28-10-12)30(23(33)21(18)32)25-29-16-5-4-11(24(34)35)9-17(16)37-25/h2-10,19,31H,1H3,(H,34,35)/b20-18+. The molecule has 1 aliphatic heterocycles. The number of aliphatic hydroxyl groups is 1. The highest BCUT2D eigenvalue weighted by molar-refractivity contribution is 7.22. The summed E-state index contributed by atoms with van der Waals surface area (Å²) in [7, 11) is 1.39. The van der Waals surface area contributed by atoms with Gasteiger partial charge in [-0.25, -0.2) is 9.78 Å². The van der Waals surface area contributed by atoms with Gasteiger partial charge in [-0.3, -0.25) is 19.5 Å². The second-order valence-corrected chi connectivity index (χ2v) is 9.74. The Morgan fingerprint density at radius 2 is 1.81 bits per heavy atom. The lowest BCUT2D eigenvalue weighted by molar-refractivity contribution is -0.132. The van der Waals surface area contributed by atoms with Gasteiger partial charge in [0.25, 0.3) is 5.78 Å². The molecule has 12 heteroatoms. The van der Waals surface area contributed by atoms with Crippen LogP contribution >= 0.6 is 34.5 Å². The summed E-state index contributed by atoms with van der Waals surface area (Å²) < 4.78 is 5.66. The van der Waals surface area contributed by atoms with Crippen LogP contribution < -0.4 is 9.64 Å². The number of ketones is 1. The average molecular weight is 556 g/mol. The van der Waals surface area contributed by atoms with Crippen LogP contribution in [0, 0.1) is 0 Å². The average Bonchev–Trinajstić information content (AvgIpc) is 3.41. The molecule has 0 spiro atoms. The normalized spacial score (nSPS) is 16.9. The maximum Gasteiger partial charge on any atom is 0.335 e. The molecule has 2 aromatic carbocycles. The van der Waals surface area contributed by atoms with Crippen molar-refractivity contribution in [3.8, 4) is 5.75 Å². The zero-order valence-corrected chi connectivity index (χ0v) is 21.1. The summed E-state index contributed by atoms with van der Waals surface area (Å²) in [6.45, 7) is 0. The number of carboxylic acid groups (broad SMARTS) is 1. The van der Waals surface area contributed by atoms with Crippen LogP contribution in [0.15, 0.2) is 60.4 Å². The summed E-state index contributed by atoms with van der Waals surface area (Å²) >= 11 is 13.5. The third kappa shape index (κ3) is 4.18. The molecule has 1 saturated heterocycles.